The molecule has 0 bridgehead atoms. The van der Waals surface area contributed by atoms with Gasteiger partial charge in [0, 0.05) is 92.1 Å². The molecule has 2 saturated heterocycles. The predicted molar refractivity (Wildman–Crippen MR) is 220 cm³/mol. The fourth-order valence-corrected chi connectivity index (χ4v) is 9.23. The molecule has 0 aliphatic carbocycles. The van der Waals surface area contributed by atoms with Crippen LogP contribution in [0, 0.1) is 10.1 Å². The van der Waals surface area contributed by atoms with E-state index in [1.54, 1.807) is 23.9 Å². The fourth-order valence-electron chi connectivity index (χ4n) is 6.91. The van der Waals surface area contributed by atoms with Gasteiger partial charge >= 0.3 is 0 Å². The minimum atomic E-state index is -4.60. The second-order valence-corrected chi connectivity index (χ2v) is 16.8. The number of ether oxygens (including phenoxy) is 1. The van der Waals surface area contributed by atoms with Gasteiger partial charge in [0.1, 0.15) is 0 Å². The predicted octanol–water partition coefficient (Wildman–Crippen LogP) is 5.32. The maximum Gasteiger partial charge on any atom is 0.282 e. The first kappa shape index (κ1) is 40.1. The van der Waals surface area contributed by atoms with Crippen LogP contribution < -0.4 is 10.3 Å². The lowest BCUT2D eigenvalue weighted by Crippen LogP contribution is -2.53. The highest BCUT2D eigenvalue weighted by molar-refractivity contribution is 7.99. The molecular weight excluding hydrogens is 765 g/mol. The number of benzene rings is 4. The molecule has 0 saturated carbocycles. The molecule has 1 amide bonds. The van der Waals surface area contributed by atoms with E-state index in [0.29, 0.717) is 36.3 Å². The van der Waals surface area contributed by atoms with Gasteiger partial charge in [-0.1, -0.05) is 42.5 Å². The summed E-state index contributed by atoms with van der Waals surface area (Å²) in [6.45, 7) is 7.37. The molecule has 2 aliphatic rings. The van der Waals surface area contributed by atoms with Gasteiger partial charge in [0.25, 0.3) is 21.6 Å². The van der Waals surface area contributed by atoms with Gasteiger partial charge in [0.2, 0.25) is 0 Å². The molecule has 0 spiro atoms. The zero-order valence-corrected chi connectivity index (χ0v) is 33.1. The van der Waals surface area contributed by atoms with E-state index >= 15 is 0 Å². The number of nitro groups is 1. The molecule has 3 heterocycles. The van der Waals surface area contributed by atoms with Crippen LogP contribution >= 0.6 is 11.8 Å². The molecule has 7 rings (SSSR count). The van der Waals surface area contributed by atoms with Gasteiger partial charge in [-0.25, -0.2) is 10.1 Å². The molecule has 2 aliphatic heterocycles. The number of nitrogens with zero attached hydrogens (tertiary/aromatic N) is 7. The molecule has 298 valence electrons. The number of hydrogen-bond donors (Lipinski definition) is 1. The molecule has 5 aromatic rings. The lowest BCUT2D eigenvalue weighted by atomic mass is 10.1. The number of piperazine rings is 1. The standard InChI is InChI=1S/C41H46N8O6S2/c50-41(33-14-16-35(17-15-33)46-24-22-45(23-25-46)31-38-18-20-42-47(38)36-8-3-1-4-9-36)48(57(53,54)40-13-7-10-37(30-40)49(51)52)43-34(19-21-44-26-28-55-29-27-44)32-56-39-11-5-2-6-12-39/h1-18,20,30,34,43H,19,21-29,31-32H2/t34-/m1/s1. The highest BCUT2D eigenvalue weighted by Gasteiger charge is 2.34. The number of carbonyl (C=O) groups excluding carboxylic acids is 1. The van der Waals surface area contributed by atoms with E-state index in [1.807, 2.05) is 89.7 Å². The number of rotatable bonds is 16. The Morgan fingerprint density at radius 3 is 2.25 bits per heavy atom. The van der Waals surface area contributed by atoms with Gasteiger partial charge in [-0.05, 0) is 73.6 Å². The number of aromatic nitrogens is 2. The van der Waals surface area contributed by atoms with E-state index in [0.717, 1.165) is 73.8 Å². The lowest BCUT2D eigenvalue weighted by Gasteiger charge is -2.36. The summed E-state index contributed by atoms with van der Waals surface area (Å²) in [7, 11) is -4.60. The number of carbonyl (C=O) groups is 1. The van der Waals surface area contributed by atoms with Crippen molar-refractivity contribution >= 4 is 39.1 Å². The topological polar surface area (TPSA) is 146 Å². The van der Waals surface area contributed by atoms with E-state index in [9.17, 15) is 23.3 Å². The average Bonchev–Trinajstić information content (AvgIpc) is 3.72. The molecule has 4 aromatic carbocycles. The molecule has 2 fully saturated rings. The second kappa shape index (κ2) is 18.9. The number of amides is 1. The van der Waals surface area contributed by atoms with Crippen molar-refractivity contribution in [1.82, 2.24) is 29.4 Å². The lowest BCUT2D eigenvalue weighted by molar-refractivity contribution is -0.385. The van der Waals surface area contributed by atoms with E-state index in [-0.39, 0.29) is 10.5 Å². The summed E-state index contributed by atoms with van der Waals surface area (Å²) in [5.74, 6) is -0.323. The van der Waals surface area contributed by atoms with Gasteiger partial charge in [0.05, 0.1) is 34.4 Å². The van der Waals surface area contributed by atoms with Crippen LogP contribution in [0.2, 0.25) is 0 Å². The minimum absolute atomic E-state index is 0.163. The van der Waals surface area contributed by atoms with Crippen LogP contribution in [0.15, 0.2) is 131 Å². The third kappa shape index (κ3) is 10.3. The second-order valence-electron chi connectivity index (χ2n) is 13.9. The maximum atomic E-state index is 14.4. The van der Waals surface area contributed by atoms with Gasteiger partial charge in [-0.2, -0.15) is 17.9 Å². The average molecular weight is 811 g/mol. The van der Waals surface area contributed by atoms with Crippen molar-refractivity contribution in [2.45, 2.75) is 28.8 Å². The van der Waals surface area contributed by atoms with Crippen molar-refractivity contribution in [2.24, 2.45) is 0 Å². The van der Waals surface area contributed by atoms with E-state index < -0.39 is 32.6 Å². The van der Waals surface area contributed by atoms with Crippen molar-refractivity contribution < 1.29 is 22.9 Å². The highest BCUT2D eigenvalue weighted by Crippen LogP contribution is 2.26. The van der Waals surface area contributed by atoms with Crippen molar-refractivity contribution in [3.63, 3.8) is 0 Å². The highest BCUT2D eigenvalue weighted by atomic mass is 32.2. The van der Waals surface area contributed by atoms with Crippen LogP contribution in [0.25, 0.3) is 5.69 Å². The SMILES string of the molecule is O=C(c1ccc(N2CCN(Cc3ccnn3-c3ccccc3)CC2)cc1)N(N[C@H](CCN1CCOCC1)CSc1ccccc1)S(=O)(=O)c1cccc([N+](=O)[O-])c1. The first-order chi connectivity index (χ1) is 27.7. The minimum Gasteiger partial charge on any atom is -0.379 e. The molecular formula is C41H46N8O6S2. The Morgan fingerprint density at radius 2 is 1.54 bits per heavy atom. The number of hydrazine groups is 1. The third-order valence-corrected chi connectivity index (χ3v) is 12.9. The zero-order chi connectivity index (χ0) is 39.6. The number of para-hydroxylation sites is 1. The first-order valence-corrected chi connectivity index (χ1v) is 21.4. The van der Waals surface area contributed by atoms with Crippen LogP contribution in [0.3, 0.4) is 0 Å². The van der Waals surface area contributed by atoms with Crippen LogP contribution in [0.4, 0.5) is 11.4 Å². The van der Waals surface area contributed by atoms with Crippen molar-refractivity contribution in [3.8, 4) is 5.69 Å². The van der Waals surface area contributed by atoms with Crippen LogP contribution in [-0.2, 0) is 21.3 Å². The Balaban J connectivity index is 1.08. The summed E-state index contributed by atoms with van der Waals surface area (Å²) in [6, 6.07) is 33.2. The van der Waals surface area contributed by atoms with Crippen LogP contribution in [0.1, 0.15) is 22.5 Å². The monoisotopic (exact) mass is 810 g/mol. The Bertz CT molecular complexity index is 2200. The molecule has 1 atom stereocenters. The fraction of sp³-hybridized carbons (Fsp3) is 0.317. The number of morpholine rings is 1. The normalized spacial score (nSPS) is 16.0. The zero-order valence-electron chi connectivity index (χ0n) is 31.5. The summed E-state index contributed by atoms with van der Waals surface area (Å²) in [5.41, 5.74) is 5.91. The van der Waals surface area contributed by atoms with E-state index in [4.69, 9.17) is 4.74 Å². The number of nitro benzene ring substituents is 1. The summed E-state index contributed by atoms with van der Waals surface area (Å²) in [6.07, 6.45) is 2.36. The number of nitrogens with one attached hydrogen (secondary N) is 1. The van der Waals surface area contributed by atoms with E-state index in [2.05, 4.69) is 25.2 Å². The molecule has 16 heteroatoms. The van der Waals surface area contributed by atoms with Gasteiger partial charge in [0.15, 0.2) is 0 Å². The van der Waals surface area contributed by atoms with Crippen molar-refractivity contribution in [2.75, 3.05) is 69.7 Å². The third-order valence-electron chi connectivity index (χ3n) is 10.1. The van der Waals surface area contributed by atoms with Crippen molar-refractivity contribution in [1.29, 1.82) is 0 Å². The van der Waals surface area contributed by atoms with E-state index in [1.165, 1.54) is 18.2 Å². The number of hydrogen-bond acceptors (Lipinski definition) is 12. The molecule has 0 radical (unpaired) electrons. The quantitative estimate of drug-likeness (QED) is 0.0782. The Labute approximate surface area is 337 Å². The molecule has 1 N–H and O–H groups in total. The molecule has 1 aromatic heterocycles. The molecule has 57 heavy (non-hydrogen) atoms. The summed E-state index contributed by atoms with van der Waals surface area (Å²) in [4.78, 5) is 32.9. The Morgan fingerprint density at radius 1 is 0.842 bits per heavy atom. The molecule has 14 nitrogen and oxygen atoms in total. The first-order valence-electron chi connectivity index (χ1n) is 19.0. The number of anilines is 1. The summed E-state index contributed by atoms with van der Waals surface area (Å²) >= 11 is 1.55. The Hall–Kier alpha value is -5.10. The van der Waals surface area contributed by atoms with Crippen molar-refractivity contribution in [3.05, 3.63) is 143 Å². The number of sulfonamides is 1. The summed E-state index contributed by atoms with van der Waals surface area (Å²) in [5, 5.41) is 16.2. The largest absolute Gasteiger partial charge is 0.379 e. The molecule has 0 unspecified atom stereocenters. The number of thioether (sulfide) groups is 1. The van der Waals surface area contributed by atoms with Crippen LogP contribution in [0.5, 0.6) is 0 Å². The van der Waals surface area contributed by atoms with Crippen LogP contribution in [-0.4, -0.2) is 114 Å². The van der Waals surface area contributed by atoms with Gasteiger partial charge in [-0.15, -0.1) is 11.8 Å². The number of non-ortho nitro benzene ring substituents is 1. The summed E-state index contributed by atoms with van der Waals surface area (Å²) < 4.78 is 36.9. The Kier molecular flexibility index (Phi) is 13.3. The smallest absolute Gasteiger partial charge is 0.282 e. The maximum absolute atomic E-state index is 14.4. The van der Waals surface area contributed by atoms with Gasteiger partial charge in [-0.3, -0.25) is 24.7 Å². The van der Waals surface area contributed by atoms with Gasteiger partial charge < -0.3 is 9.64 Å².